The molecule has 0 amide bonds. The van der Waals surface area contributed by atoms with Crippen LogP contribution in [0.1, 0.15) is 35.9 Å². The number of nitrogens with one attached hydrogen (secondary N) is 2. The number of aromatic hydroxyl groups is 1. The molecule has 0 unspecified atom stereocenters. The number of phenolic OH excluding ortho intramolecular Hbond substituents is 1. The first kappa shape index (κ1) is 22.2. The van der Waals surface area contributed by atoms with Crippen molar-refractivity contribution in [2.45, 2.75) is 24.8 Å². The van der Waals surface area contributed by atoms with E-state index in [0.717, 1.165) is 33.9 Å². The summed E-state index contributed by atoms with van der Waals surface area (Å²) in [4.78, 5) is 13.8. The summed E-state index contributed by atoms with van der Waals surface area (Å²) in [6.45, 7) is 0.211. The van der Waals surface area contributed by atoms with Crippen LogP contribution in [0.2, 0.25) is 0 Å². The molecule has 1 aliphatic carbocycles. The summed E-state index contributed by atoms with van der Waals surface area (Å²) >= 11 is 0. The van der Waals surface area contributed by atoms with Gasteiger partial charge in [0.2, 0.25) is 12.5 Å². The van der Waals surface area contributed by atoms with Crippen molar-refractivity contribution >= 4 is 17.2 Å². The highest BCUT2D eigenvalue weighted by Gasteiger charge is 2.37. The van der Waals surface area contributed by atoms with Gasteiger partial charge in [0, 0.05) is 17.7 Å². The maximum Gasteiger partial charge on any atom is 0.231 e. The Bertz CT molecular complexity index is 1370. The number of phenols is 1. The average molecular weight is 487 g/mol. The second-order valence-electron chi connectivity index (χ2n) is 9.06. The quantitative estimate of drug-likeness (QED) is 0.468. The van der Waals surface area contributed by atoms with Crippen LogP contribution in [-0.2, 0) is 4.79 Å². The van der Waals surface area contributed by atoms with Crippen molar-refractivity contribution in [1.29, 1.82) is 0 Å². The minimum Gasteiger partial charge on any atom is -0.502 e. The summed E-state index contributed by atoms with van der Waals surface area (Å²) < 4.78 is 21.8. The molecule has 0 bridgehead atoms. The van der Waals surface area contributed by atoms with E-state index in [4.69, 9.17) is 18.9 Å². The van der Waals surface area contributed by atoms with E-state index < -0.39 is 6.04 Å². The summed E-state index contributed by atoms with van der Waals surface area (Å²) in [6.07, 6.45) is 1.01. The van der Waals surface area contributed by atoms with Gasteiger partial charge in [-0.25, -0.2) is 0 Å². The van der Waals surface area contributed by atoms with Crippen LogP contribution in [0.25, 0.3) is 0 Å². The third-order valence-corrected chi connectivity index (χ3v) is 7.01. The number of hydrogen-bond donors (Lipinski definition) is 3. The lowest BCUT2D eigenvalue weighted by atomic mass is 9.78. The van der Waals surface area contributed by atoms with E-state index in [1.807, 2.05) is 42.5 Å². The minimum absolute atomic E-state index is 0.00643. The van der Waals surface area contributed by atoms with E-state index in [1.54, 1.807) is 12.1 Å². The average Bonchev–Trinajstić information content (AvgIpc) is 3.29. The molecule has 0 radical (unpaired) electrons. The smallest absolute Gasteiger partial charge is 0.231 e. The van der Waals surface area contributed by atoms with Crippen molar-refractivity contribution in [3.8, 4) is 28.7 Å². The van der Waals surface area contributed by atoms with Crippen LogP contribution in [0.15, 0.2) is 65.9 Å². The molecule has 3 N–H and O–H groups in total. The zero-order valence-electron chi connectivity index (χ0n) is 20.0. The van der Waals surface area contributed by atoms with Crippen molar-refractivity contribution in [3.05, 3.63) is 77.0 Å². The van der Waals surface area contributed by atoms with Crippen molar-refractivity contribution in [1.82, 2.24) is 0 Å². The number of anilines is 2. The molecular weight excluding hydrogens is 460 g/mol. The highest BCUT2D eigenvalue weighted by Crippen LogP contribution is 2.47. The number of hydrogen-bond acceptors (Lipinski definition) is 8. The number of rotatable bonds is 4. The zero-order valence-corrected chi connectivity index (χ0v) is 20.0. The molecule has 0 aromatic heterocycles. The number of ketones is 1. The van der Waals surface area contributed by atoms with Crippen LogP contribution in [-0.4, -0.2) is 31.9 Å². The molecule has 6 rings (SSSR count). The lowest BCUT2D eigenvalue weighted by Crippen LogP contribution is -2.27. The molecule has 2 heterocycles. The van der Waals surface area contributed by atoms with Crippen LogP contribution in [0.5, 0.6) is 28.7 Å². The summed E-state index contributed by atoms with van der Waals surface area (Å²) in [7, 11) is 2.98. The molecule has 3 aromatic carbocycles. The van der Waals surface area contributed by atoms with Gasteiger partial charge in [-0.05, 0) is 59.9 Å². The molecule has 2 atom stereocenters. The predicted octanol–water partition coefficient (Wildman–Crippen LogP) is 5.12. The highest BCUT2D eigenvalue weighted by molar-refractivity contribution is 6.01. The van der Waals surface area contributed by atoms with Gasteiger partial charge in [0.15, 0.2) is 28.8 Å². The van der Waals surface area contributed by atoms with E-state index in [9.17, 15) is 9.90 Å². The highest BCUT2D eigenvalue weighted by atomic mass is 16.7. The maximum absolute atomic E-state index is 13.8. The van der Waals surface area contributed by atoms with Gasteiger partial charge < -0.3 is 34.7 Å². The number of allylic oxidation sites excluding steroid dienone is 1. The molecule has 3 aliphatic rings. The summed E-state index contributed by atoms with van der Waals surface area (Å²) in [6, 6.07) is 16.8. The van der Waals surface area contributed by atoms with Crippen LogP contribution in [0.3, 0.4) is 0 Å². The molecule has 0 spiro atoms. The largest absolute Gasteiger partial charge is 0.502 e. The van der Waals surface area contributed by atoms with Crippen molar-refractivity contribution in [3.63, 3.8) is 0 Å². The van der Waals surface area contributed by atoms with Gasteiger partial charge in [-0.2, -0.15) is 0 Å². The Morgan fingerprint density at radius 2 is 1.61 bits per heavy atom. The van der Waals surface area contributed by atoms with E-state index in [1.165, 1.54) is 14.2 Å². The first-order valence-electron chi connectivity index (χ1n) is 11.8. The van der Waals surface area contributed by atoms with Crippen LogP contribution in [0, 0.1) is 0 Å². The lowest BCUT2D eigenvalue weighted by molar-refractivity contribution is -0.116. The molecular formula is C28H26N2O6. The molecule has 36 heavy (non-hydrogen) atoms. The van der Waals surface area contributed by atoms with Crippen molar-refractivity contribution in [2.75, 3.05) is 31.6 Å². The monoisotopic (exact) mass is 486 g/mol. The van der Waals surface area contributed by atoms with Gasteiger partial charge in [0.1, 0.15) is 0 Å². The van der Waals surface area contributed by atoms with Crippen molar-refractivity contribution in [2.24, 2.45) is 0 Å². The molecule has 0 saturated carbocycles. The number of para-hydroxylation sites is 2. The topological polar surface area (TPSA) is 98.3 Å². The Morgan fingerprint density at radius 3 is 2.36 bits per heavy atom. The first-order valence-corrected chi connectivity index (χ1v) is 11.8. The number of methoxy groups -OCH3 is 2. The standard InChI is InChI=1S/C28H26N2O6/c1-33-24-12-17(13-25(34-2)28(24)32)27-26-20(29-18-5-3-4-6-19(18)30-27)9-16(10-21(26)31)15-7-8-22-23(11-15)36-14-35-22/h3-8,11-13,16,27,29-30,32H,9-10,14H2,1-2H3/t16-,27+/m1/s1. The third-order valence-electron chi connectivity index (χ3n) is 7.01. The van der Waals surface area contributed by atoms with Crippen LogP contribution >= 0.6 is 0 Å². The first-order chi connectivity index (χ1) is 17.6. The molecule has 3 aromatic rings. The van der Waals surface area contributed by atoms with E-state index >= 15 is 0 Å². The lowest BCUT2D eigenvalue weighted by Gasteiger charge is -2.30. The summed E-state index contributed by atoms with van der Waals surface area (Å²) in [5, 5.41) is 17.5. The Labute approximate surface area is 208 Å². The molecule has 184 valence electrons. The summed E-state index contributed by atoms with van der Waals surface area (Å²) in [5.74, 6) is 1.95. The van der Waals surface area contributed by atoms with Crippen molar-refractivity contribution < 1.29 is 28.8 Å². The summed E-state index contributed by atoms with van der Waals surface area (Å²) in [5.41, 5.74) is 5.08. The molecule has 0 saturated heterocycles. The molecule has 2 aliphatic heterocycles. The van der Waals surface area contributed by atoms with Gasteiger partial charge in [-0.3, -0.25) is 4.79 Å². The Morgan fingerprint density at radius 1 is 0.889 bits per heavy atom. The SMILES string of the molecule is COc1cc([C@@H]2Nc3ccccc3NC3=C2C(=O)C[C@H](c2ccc4c(c2)OCO4)C3)cc(OC)c1O. The molecule has 8 nitrogen and oxygen atoms in total. The normalized spacial score (nSPS) is 20.0. The minimum atomic E-state index is -0.468. The second-order valence-corrected chi connectivity index (χ2v) is 9.06. The van der Waals surface area contributed by atoms with Gasteiger partial charge in [-0.15, -0.1) is 0 Å². The molecule has 0 fully saturated rings. The van der Waals surface area contributed by atoms with Gasteiger partial charge >= 0.3 is 0 Å². The Balaban J connectivity index is 1.46. The number of carbonyl (C=O) groups is 1. The second kappa shape index (κ2) is 8.71. The third kappa shape index (κ3) is 3.66. The number of Topliss-reactive ketones (excluding diaryl/α,β-unsaturated/α-hetero) is 1. The predicted molar refractivity (Wildman–Crippen MR) is 134 cm³/mol. The maximum atomic E-state index is 13.8. The number of benzene rings is 3. The number of carbonyl (C=O) groups excluding carboxylic acids is 1. The zero-order chi connectivity index (χ0) is 24.8. The Kier molecular flexibility index (Phi) is 5.36. The van der Waals surface area contributed by atoms with Gasteiger partial charge in [0.25, 0.3) is 0 Å². The molecule has 8 heteroatoms. The van der Waals surface area contributed by atoms with Gasteiger partial charge in [0.05, 0.1) is 31.6 Å². The fourth-order valence-electron chi connectivity index (χ4n) is 5.23. The number of ether oxygens (including phenoxy) is 4. The van der Waals surface area contributed by atoms with E-state index in [0.29, 0.717) is 24.2 Å². The van der Waals surface area contributed by atoms with Gasteiger partial charge in [-0.1, -0.05) is 18.2 Å². The number of fused-ring (bicyclic) bond motifs is 2. The van der Waals surface area contributed by atoms with Crippen LogP contribution < -0.4 is 29.6 Å². The fourth-order valence-corrected chi connectivity index (χ4v) is 5.23. The van der Waals surface area contributed by atoms with E-state index in [2.05, 4.69) is 10.6 Å². The van der Waals surface area contributed by atoms with Crippen LogP contribution in [0.4, 0.5) is 11.4 Å². The fraction of sp³-hybridized carbons (Fsp3) is 0.250. The Hall–Kier alpha value is -4.33. The van der Waals surface area contributed by atoms with E-state index in [-0.39, 0.29) is 35.7 Å².